The second kappa shape index (κ2) is 32.6. The number of anilines is 1. The quantitative estimate of drug-likeness (QED) is 0.0425. The number of nitrogens with one attached hydrogen (secondary N) is 4. The summed E-state index contributed by atoms with van der Waals surface area (Å²) >= 11 is 0. The van der Waals surface area contributed by atoms with E-state index in [9.17, 15) is 38.7 Å². The number of carboxylic acids is 1. The fourth-order valence-electron chi connectivity index (χ4n) is 11.1. The number of ether oxygens (including phenoxy) is 2. The second-order valence-corrected chi connectivity index (χ2v) is 22.5. The third-order valence-electron chi connectivity index (χ3n) is 15.8. The number of amides is 6. The molecular weight excluding hydrogens is 997 g/mol. The van der Waals surface area contributed by atoms with E-state index >= 15 is 0 Å². The van der Waals surface area contributed by atoms with Crippen molar-refractivity contribution in [3.63, 3.8) is 0 Å². The van der Waals surface area contributed by atoms with E-state index in [2.05, 4.69) is 26.3 Å². The zero-order valence-corrected chi connectivity index (χ0v) is 48.8. The fraction of sp³-hybridized carbons (Fsp3) is 0.678. The lowest BCUT2D eigenvalue weighted by molar-refractivity contribution is -0.148. The first-order valence-corrected chi connectivity index (χ1v) is 28.3. The Kier molecular flexibility index (Phi) is 27.2. The predicted molar refractivity (Wildman–Crippen MR) is 301 cm³/mol. The number of likely N-dealkylation sites (tertiary alicyclic amines) is 2. The molecule has 2 fully saturated rings. The van der Waals surface area contributed by atoms with Crippen LogP contribution in [0.4, 0.5) is 5.69 Å². The van der Waals surface area contributed by atoms with Gasteiger partial charge in [0.1, 0.15) is 12.1 Å². The summed E-state index contributed by atoms with van der Waals surface area (Å²) in [4.78, 5) is 108. The molecule has 2 heterocycles. The Morgan fingerprint density at radius 2 is 1.42 bits per heavy atom. The summed E-state index contributed by atoms with van der Waals surface area (Å²) in [5, 5.41) is 18.1. The number of unbranched alkanes of at least 4 members (excludes halogenated alkanes) is 2. The number of aliphatic carboxylic acids is 1. The number of carbonyl (C=O) groups is 7. The number of benzene rings is 2. The maximum atomic E-state index is 14.5. The van der Waals surface area contributed by atoms with Crippen molar-refractivity contribution in [1.82, 2.24) is 35.7 Å². The van der Waals surface area contributed by atoms with Gasteiger partial charge >= 0.3 is 5.97 Å². The SMILES string of the molecule is CC[C@H](C)[C@@H]([C@@H](CC(=O)N1CCC[C@H]1[C@H](OC)[C@@H](C)C(=O)N[C@@H](Cc1ccccc1)C(=O)NOCc1ccc(NC(=O)CCCCCN2CCC(C(=O)O)CC2)cc1)OC)N(C)C(=O)[C@@H](NC(=O)C(C(C)C)N(C)C)C(C)C. The van der Waals surface area contributed by atoms with E-state index in [1.807, 2.05) is 90.9 Å². The van der Waals surface area contributed by atoms with Gasteiger partial charge in [0, 0.05) is 46.3 Å². The first kappa shape index (κ1) is 65.1. The first-order valence-electron chi connectivity index (χ1n) is 28.3. The molecule has 4 rings (SSSR count). The highest BCUT2D eigenvalue weighted by molar-refractivity contribution is 5.91. The number of nitrogens with zero attached hydrogens (tertiary/aromatic N) is 4. The Morgan fingerprint density at radius 3 is 2.00 bits per heavy atom. The minimum Gasteiger partial charge on any atom is -0.481 e. The molecule has 9 atom stereocenters. The van der Waals surface area contributed by atoms with Gasteiger partial charge in [-0.15, -0.1) is 0 Å². The Labute approximate surface area is 464 Å². The summed E-state index contributed by atoms with van der Waals surface area (Å²) in [6, 6.07) is 13.2. The van der Waals surface area contributed by atoms with E-state index in [1.54, 1.807) is 55.1 Å². The molecule has 78 heavy (non-hydrogen) atoms. The monoisotopic (exact) mass is 1090 g/mol. The van der Waals surface area contributed by atoms with Crippen LogP contribution in [0, 0.1) is 29.6 Å². The van der Waals surface area contributed by atoms with Crippen LogP contribution in [0.25, 0.3) is 0 Å². The summed E-state index contributed by atoms with van der Waals surface area (Å²) in [5.41, 5.74) is 4.72. The topological polar surface area (TPSA) is 228 Å². The van der Waals surface area contributed by atoms with Crippen LogP contribution in [-0.4, -0.2) is 170 Å². The first-order chi connectivity index (χ1) is 37.1. The molecule has 436 valence electrons. The van der Waals surface area contributed by atoms with Gasteiger partial charge in [0.2, 0.25) is 29.5 Å². The van der Waals surface area contributed by atoms with Crippen LogP contribution in [0.1, 0.15) is 124 Å². The molecule has 19 heteroatoms. The van der Waals surface area contributed by atoms with Gasteiger partial charge in [0.25, 0.3) is 5.91 Å². The predicted octanol–water partition coefficient (Wildman–Crippen LogP) is 5.90. The number of hydrogen-bond acceptors (Lipinski definition) is 12. The van der Waals surface area contributed by atoms with Gasteiger partial charge in [-0.2, -0.15) is 0 Å². The van der Waals surface area contributed by atoms with E-state index in [1.165, 1.54) is 7.11 Å². The molecule has 6 amide bonds. The summed E-state index contributed by atoms with van der Waals surface area (Å²) in [6.07, 6.45) is 5.07. The van der Waals surface area contributed by atoms with Gasteiger partial charge in [-0.25, -0.2) is 5.48 Å². The number of hydrogen-bond donors (Lipinski definition) is 5. The van der Waals surface area contributed by atoms with E-state index in [-0.39, 0.29) is 66.7 Å². The molecule has 2 aliphatic rings. The van der Waals surface area contributed by atoms with Gasteiger partial charge in [-0.05, 0) is 113 Å². The van der Waals surface area contributed by atoms with Crippen LogP contribution in [0.15, 0.2) is 54.6 Å². The normalized spacial score (nSPS) is 18.3. The third-order valence-corrected chi connectivity index (χ3v) is 15.8. The van der Waals surface area contributed by atoms with Crippen molar-refractivity contribution in [1.29, 1.82) is 0 Å². The molecular formula is C59H94N8O11. The molecule has 5 N–H and O–H groups in total. The van der Waals surface area contributed by atoms with Crippen LogP contribution in [0.5, 0.6) is 0 Å². The number of carbonyl (C=O) groups excluding carboxylic acids is 6. The van der Waals surface area contributed by atoms with Crippen LogP contribution < -0.4 is 21.4 Å². The fourth-order valence-corrected chi connectivity index (χ4v) is 11.1. The van der Waals surface area contributed by atoms with E-state index in [0.29, 0.717) is 50.8 Å². The standard InChI is InChI=1S/C59H94N8O11/c1-13-40(6)53(65(10)58(73)51(38(2)3)62-57(72)52(39(4)5)64(8)9)48(76-11)36-50(69)67-32-20-23-47(67)54(77-12)41(7)55(70)61-46(35-42-21-16-14-17-22-42)56(71)63-78-37-43-25-27-45(28-26-43)60-49(68)24-18-15-19-31-66-33-29-44(30-34-66)59(74)75/h14,16-17,21-22,25-28,38-41,44,46-48,51-54H,13,15,18-20,23-24,29-37H2,1-12H3,(H,60,68)(H,61,70)(H,62,72)(H,63,71)(H,74,75)/t40-,41+,46-,47-,48+,51-,52?,53-,54+/m0/s1. The number of rotatable bonds is 32. The smallest absolute Gasteiger partial charge is 0.306 e. The van der Waals surface area contributed by atoms with Crippen LogP contribution in [-0.2, 0) is 60.9 Å². The lowest BCUT2D eigenvalue weighted by Gasteiger charge is -2.41. The zero-order chi connectivity index (χ0) is 57.6. The van der Waals surface area contributed by atoms with Crippen LogP contribution >= 0.6 is 0 Å². The molecule has 0 radical (unpaired) electrons. The summed E-state index contributed by atoms with van der Waals surface area (Å²) in [7, 11) is 8.47. The van der Waals surface area contributed by atoms with Crippen molar-refractivity contribution in [3.8, 4) is 0 Å². The summed E-state index contributed by atoms with van der Waals surface area (Å²) < 4.78 is 12.1. The number of likely N-dealkylation sites (N-methyl/N-ethyl adjacent to an activating group) is 2. The van der Waals surface area contributed by atoms with Crippen molar-refractivity contribution in [2.24, 2.45) is 29.6 Å². The largest absolute Gasteiger partial charge is 0.481 e. The molecule has 0 aromatic heterocycles. The molecule has 0 saturated carbocycles. The van der Waals surface area contributed by atoms with Gasteiger partial charge < -0.3 is 45.2 Å². The van der Waals surface area contributed by atoms with Gasteiger partial charge in [0.05, 0.1) is 55.2 Å². The Bertz CT molecular complexity index is 2200. The molecule has 0 spiro atoms. The highest BCUT2D eigenvalue weighted by Gasteiger charge is 2.44. The van der Waals surface area contributed by atoms with E-state index in [4.69, 9.17) is 14.3 Å². The van der Waals surface area contributed by atoms with Crippen molar-refractivity contribution in [2.75, 3.05) is 66.9 Å². The highest BCUT2D eigenvalue weighted by Crippen LogP contribution is 2.30. The molecule has 0 bridgehead atoms. The molecule has 19 nitrogen and oxygen atoms in total. The van der Waals surface area contributed by atoms with E-state index < -0.39 is 66.1 Å². The minimum atomic E-state index is -1.03. The Morgan fingerprint density at radius 1 is 0.756 bits per heavy atom. The molecule has 1 unspecified atom stereocenters. The maximum absolute atomic E-state index is 14.5. The molecule has 2 aromatic carbocycles. The number of hydroxylamine groups is 1. The minimum absolute atomic E-state index is 0.0155. The molecule has 0 aliphatic carbocycles. The number of methoxy groups -OCH3 is 2. The number of carboxylic acid groups (broad SMARTS) is 1. The third kappa shape index (κ3) is 19.4. The zero-order valence-electron chi connectivity index (χ0n) is 48.8. The van der Waals surface area contributed by atoms with Crippen LogP contribution in [0.3, 0.4) is 0 Å². The molecule has 2 aliphatic heterocycles. The van der Waals surface area contributed by atoms with Crippen LogP contribution in [0.2, 0.25) is 0 Å². The molecule has 2 saturated heterocycles. The average molecular weight is 1090 g/mol. The lowest BCUT2D eigenvalue weighted by Crippen LogP contribution is -2.59. The highest BCUT2D eigenvalue weighted by atomic mass is 16.7. The number of piperidine rings is 1. The van der Waals surface area contributed by atoms with Crippen molar-refractivity contribution >= 4 is 47.1 Å². The Balaban J connectivity index is 1.35. The van der Waals surface area contributed by atoms with E-state index in [0.717, 1.165) is 50.0 Å². The maximum Gasteiger partial charge on any atom is 0.306 e. The van der Waals surface area contributed by atoms with Gasteiger partial charge in [-0.3, -0.25) is 43.3 Å². The van der Waals surface area contributed by atoms with Crippen molar-refractivity contribution in [3.05, 3.63) is 65.7 Å². The summed E-state index contributed by atoms with van der Waals surface area (Å²) in [5.74, 6) is -3.77. The van der Waals surface area contributed by atoms with Gasteiger partial charge in [0.15, 0.2) is 0 Å². The Hall–Kier alpha value is -5.47. The average Bonchev–Trinajstić information content (AvgIpc) is 3.90. The summed E-state index contributed by atoms with van der Waals surface area (Å²) in [6.45, 7) is 16.5. The lowest BCUT2D eigenvalue weighted by atomic mass is 9.89. The van der Waals surface area contributed by atoms with Crippen molar-refractivity contribution < 1.29 is 53.0 Å². The second-order valence-electron chi connectivity index (χ2n) is 22.5. The van der Waals surface area contributed by atoms with Gasteiger partial charge in [-0.1, -0.05) is 104 Å². The van der Waals surface area contributed by atoms with Crippen molar-refractivity contribution in [2.45, 2.75) is 168 Å². The molecule has 2 aromatic rings.